The largest absolute Gasteiger partial charge is 0.493 e. The number of para-hydroxylation sites is 1. The lowest BCUT2D eigenvalue weighted by Gasteiger charge is -2.11. The number of halogens is 1. The second-order valence-corrected chi connectivity index (χ2v) is 2.69. The van der Waals surface area contributed by atoms with Gasteiger partial charge in [-0.1, -0.05) is 12.1 Å². The van der Waals surface area contributed by atoms with Gasteiger partial charge in [-0.25, -0.2) is 0 Å². The van der Waals surface area contributed by atoms with E-state index in [-0.39, 0.29) is 12.4 Å². The Balaban J connectivity index is 0.00000169. The Hall–Kier alpha value is -0.930. The van der Waals surface area contributed by atoms with Gasteiger partial charge in [0.15, 0.2) is 11.5 Å². The number of rotatable bonds is 4. The summed E-state index contributed by atoms with van der Waals surface area (Å²) < 4.78 is 10.4. The quantitative estimate of drug-likeness (QED) is 0.834. The van der Waals surface area contributed by atoms with Crippen molar-refractivity contribution in [2.24, 2.45) is 5.73 Å². The van der Waals surface area contributed by atoms with Gasteiger partial charge in [-0.15, -0.1) is 12.4 Å². The van der Waals surface area contributed by atoms with Gasteiger partial charge in [-0.3, -0.25) is 0 Å². The molecule has 0 unspecified atom stereocenters. The first-order valence-electron chi connectivity index (χ1n) is 4.23. The summed E-state index contributed by atoms with van der Waals surface area (Å²) in [6.45, 7) is 0.615. The average Bonchev–Trinajstić information content (AvgIpc) is 2.18. The molecule has 0 radical (unpaired) electrons. The summed E-state index contributed by atoms with van der Waals surface area (Å²) in [7, 11) is 3.27. The average molecular weight is 218 g/mol. The lowest BCUT2D eigenvalue weighted by molar-refractivity contribution is 0.352. The molecule has 1 aromatic carbocycles. The van der Waals surface area contributed by atoms with E-state index in [1.807, 2.05) is 18.2 Å². The van der Waals surface area contributed by atoms with Crippen molar-refractivity contribution < 1.29 is 9.47 Å². The summed E-state index contributed by atoms with van der Waals surface area (Å²) in [5.74, 6) is 1.55. The Kier molecular flexibility index (Phi) is 6.08. The van der Waals surface area contributed by atoms with Crippen LogP contribution in [0.1, 0.15) is 5.56 Å². The van der Waals surface area contributed by atoms with Crippen LogP contribution < -0.4 is 15.2 Å². The molecule has 2 N–H and O–H groups in total. The van der Waals surface area contributed by atoms with Gasteiger partial charge in [-0.05, 0) is 24.6 Å². The molecular weight excluding hydrogens is 202 g/mol. The highest BCUT2D eigenvalue weighted by Crippen LogP contribution is 2.30. The summed E-state index contributed by atoms with van der Waals surface area (Å²) >= 11 is 0. The van der Waals surface area contributed by atoms with Crippen molar-refractivity contribution in [3.05, 3.63) is 23.8 Å². The number of benzene rings is 1. The van der Waals surface area contributed by atoms with Crippen molar-refractivity contribution in [3.8, 4) is 11.5 Å². The number of hydrogen-bond acceptors (Lipinski definition) is 3. The summed E-state index contributed by atoms with van der Waals surface area (Å²) in [6.07, 6.45) is 0.806. The standard InChI is InChI=1S/C10H15NO2.ClH/c1-12-9-5-3-4-8(6-7-11)10(9)13-2;/h3-5H,6-7,11H2,1-2H3;1H. The molecule has 0 heterocycles. The molecule has 3 nitrogen and oxygen atoms in total. The minimum atomic E-state index is 0. The van der Waals surface area contributed by atoms with Crippen molar-refractivity contribution in [1.29, 1.82) is 0 Å². The highest BCUT2D eigenvalue weighted by Gasteiger charge is 2.07. The van der Waals surface area contributed by atoms with Crippen LogP contribution in [0.2, 0.25) is 0 Å². The lowest BCUT2D eigenvalue weighted by atomic mass is 10.1. The van der Waals surface area contributed by atoms with Crippen molar-refractivity contribution in [3.63, 3.8) is 0 Å². The third-order valence-corrected chi connectivity index (χ3v) is 1.90. The van der Waals surface area contributed by atoms with Crippen LogP contribution >= 0.6 is 12.4 Å². The topological polar surface area (TPSA) is 44.5 Å². The van der Waals surface area contributed by atoms with Crippen LogP contribution in [0, 0.1) is 0 Å². The van der Waals surface area contributed by atoms with E-state index in [0.29, 0.717) is 6.54 Å². The second-order valence-electron chi connectivity index (χ2n) is 2.69. The van der Waals surface area contributed by atoms with Gasteiger partial charge >= 0.3 is 0 Å². The Bertz CT molecular complexity index is 279. The summed E-state index contributed by atoms with van der Waals surface area (Å²) in [4.78, 5) is 0. The molecule has 0 spiro atoms. The molecule has 0 aliphatic rings. The fraction of sp³-hybridized carbons (Fsp3) is 0.400. The molecule has 0 aliphatic heterocycles. The molecule has 80 valence electrons. The second kappa shape index (κ2) is 6.51. The first-order valence-corrected chi connectivity index (χ1v) is 4.23. The Morgan fingerprint density at radius 3 is 2.43 bits per heavy atom. The van der Waals surface area contributed by atoms with Gasteiger partial charge in [0, 0.05) is 0 Å². The monoisotopic (exact) mass is 217 g/mol. The number of hydrogen-bond donors (Lipinski definition) is 1. The Labute approximate surface area is 90.6 Å². The van der Waals surface area contributed by atoms with E-state index in [1.165, 1.54) is 0 Å². The highest BCUT2D eigenvalue weighted by atomic mass is 35.5. The van der Waals surface area contributed by atoms with E-state index < -0.39 is 0 Å². The molecular formula is C10H16ClNO2. The molecule has 4 heteroatoms. The molecule has 0 fully saturated rings. The van der Waals surface area contributed by atoms with Gasteiger partial charge in [0.25, 0.3) is 0 Å². The normalized spacial score (nSPS) is 9.07. The van der Waals surface area contributed by atoms with E-state index in [4.69, 9.17) is 15.2 Å². The van der Waals surface area contributed by atoms with Crippen LogP contribution in [0.5, 0.6) is 11.5 Å². The van der Waals surface area contributed by atoms with E-state index in [0.717, 1.165) is 23.5 Å². The maximum absolute atomic E-state index is 5.48. The van der Waals surface area contributed by atoms with E-state index in [9.17, 15) is 0 Å². The van der Waals surface area contributed by atoms with Crippen LogP contribution in [-0.4, -0.2) is 20.8 Å². The predicted molar refractivity (Wildman–Crippen MR) is 59.6 cm³/mol. The summed E-state index contributed by atoms with van der Waals surface area (Å²) in [5.41, 5.74) is 6.57. The zero-order valence-electron chi connectivity index (χ0n) is 8.45. The molecule has 0 amide bonds. The molecule has 0 atom stereocenters. The first kappa shape index (κ1) is 13.1. The fourth-order valence-corrected chi connectivity index (χ4v) is 1.31. The zero-order valence-corrected chi connectivity index (χ0v) is 9.26. The van der Waals surface area contributed by atoms with Crippen LogP contribution in [0.15, 0.2) is 18.2 Å². The van der Waals surface area contributed by atoms with Crippen molar-refractivity contribution in [2.45, 2.75) is 6.42 Å². The maximum atomic E-state index is 5.48. The lowest BCUT2D eigenvalue weighted by Crippen LogP contribution is -2.04. The van der Waals surface area contributed by atoms with Crippen LogP contribution in [0.4, 0.5) is 0 Å². The van der Waals surface area contributed by atoms with Crippen LogP contribution in [-0.2, 0) is 6.42 Å². The molecule has 14 heavy (non-hydrogen) atoms. The van der Waals surface area contributed by atoms with E-state index >= 15 is 0 Å². The minimum Gasteiger partial charge on any atom is -0.493 e. The van der Waals surface area contributed by atoms with Crippen LogP contribution in [0.25, 0.3) is 0 Å². The first-order chi connectivity index (χ1) is 6.33. The van der Waals surface area contributed by atoms with Crippen LogP contribution in [0.3, 0.4) is 0 Å². The molecule has 1 aromatic rings. The molecule has 0 aliphatic carbocycles. The van der Waals surface area contributed by atoms with Gasteiger partial charge in [0.05, 0.1) is 14.2 Å². The van der Waals surface area contributed by atoms with Gasteiger partial charge in [0.1, 0.15) is 0 Å². The smallest absolute Gasteiger partial charge is 0.163 e. The SMILES string of the molecule is COc1cccc(CCN)c1OC.Cl. The third-order valence-electron chi connectivity index (χ3n) is 1.90. The fourth-order valence-electron chi connectivity index (χ4n) is 1.31. The Morgan fingerprint density at radius 1 is 1.21 bits per heavy atom. The molecule has 1 rings (SSSR count). The predicted octanol–water partition coefficient (Wildman–Crippen LogP) is 1.63. The summed E-state index contributed by atoms with van der Waals surface area (Å²) in [6, 6.07) is 5.80. The van der Waals surface area contributed by atoms with Gasteiger partial charge in [0.2, 0.25) is 0 Å². The number of ether oxygens (including phenoxy) is 2. The third kappa shape index (κ3) is 2.79. The molecule has 0 aromatic heterocycles. The number of methoxy groups -OCH3 is 2. The van der Waals surface area contributed by atoms with Crippen molar-refractivity contribution in [2.75, 3.05) is 20.8 Å². The zero-order chi connectivity index (χ0) is 9.68. The van der Waals surface area contributed by atoms with Gasteiger partial charge < -0.3 is 15.2 Å². The van der Waals surface area contributed by atoms with Crippen molar-refractivity contribution in [1.82, 2.24) is 0 Å². The van der Waals surface area contributed by atoms with E-state index in [1.54, 1.807) is 14.2 Å². The van der Waals surface area contributed by atoms with Gasteiger partial charge in [-0.2, -0.15) is 0 Å². The highest BCUT2D eigenvalue weighted by molar-refractivity contribution is 5.85. The Morgan fingerprint density at radius 2 is 1.93 bits per heavy atom. The molecule has 0 saturated heterocycles. The molecule has 0 saturated carbocycles. The maximum Gasteiger partial charge on any atom is 0.163 e. The number of nitrogens with two attached hydrogens (primary N) is 1. The minimum absolute atomic E-state index is 0. The van der Waals surface area contributed by atoms with E-state index in [2.05, 4.69) is 0 Å². The molecule has 0 bridgehead atoms. The van der Waals surface area contributed by atoms with Crippen molar-refractivity contribution >= 4 is 12.4 Å². The summed E-state index contributed by atoms with van der Waals surface area (Å²) in [5, 5.41) is 0.